The zero-order chi connectivity index (χ0) is 11.9. The number of hydrogen-bond donors (Lipinski definition) is 0. The number of aromatic nitrogens is 5. The second-order valence-corrected chi connectivity index (χ2v) is 3.64. The number of nitrogens with zero attached hydrogens (tertiary/aromatic N) is 6. The minimum absolute atomic E-state index is 0.538. The SMILES string of the molecule is Cc1nc(C)n(-c2c(C#N)c(C)nn2C)n1. The van der Waals surface area contributed by atoms with Gasteiger partial charge >= 0.3 is 0 Å². The quantitative estimate of drug-likeness (QED) is 0.706. The summed E-state index contributed by atoms with van der Waals surface area (Å²) >= 11 is 0. The molecule has 0 aliphatic rings. The average Bonchev–Trinajstić information content (AvgIpc) is 2.66. The van der Waals surface area contributed by atoms with Gasteiger partial charge < -0.3 is 0 Å². The van der Waals surface area contributed by atoms with Gasteiger partial charge in [0.25, 0.3) is 0 Å². The molecule has 6 nitrogen and oxygen atoms in total. The first-order valence-corrected chi connectivity index (χ1v) is 4.89. The maximum atomic E-state index is 9.11. The molecule has 0 amide bonds. The van der Waals surface area contributed by atoms with E-state index in [0.29, 0.717) is 22.9 Å². The summed E-state index contributed by atoms with van der Waals surface area (Å²) in [5.74, 6) is 2.09. The van der Waals surface area contributed by atoms with Crippen molar-refractivity contribution in [1.29, 1.82) is 5.26 Å². The van der Waals surface area contributed by atoms with Crippen LogP contribution in [0.4, 0.5) is 0 Å². The van der Waals surface area contributed by atoms with Crippen molar-refractivity contribution >= 4 is 0 Å². The highest BCUT2D eigenvalue weighted by Gasteiger charge is 2.17. The Hall–Kier alpha value is -2.16. The summed E-state index contributed by atoms with van der Waals surface area (Å²) in [6.45, 7) is 5.48. The van der Waals surface area contributed by atoms with Crippen LogP contribution in [0.5, 0.6) is 0 Å². The summed E-state index contributed by atoms with van der Waals surface area (Å²) in [7, 11) is 1.79. The molecule has 0 saturated heterocycles. The molecule has 0 saturated carbocycles. The van der Waals surface area contributed by atoms with Gasteiger partial charge in [-0.15, -0.1) is 5.10 Å². The first kappa shape index (κ1) is 10.4. The smallest absolute Gasteiger partial charge is 0.172 e. The molecule has 2 heterocycles. The molecule has 0 atom stereocenters. The molecule has 2 rings (SSSR count). The third-order valence-corrected chi connectivity index (χ3v) is 2.38. The van der Waals surface area contributed by atoms with Gasteiger partial charge in [0, 0.05) is 7.05 Å². The fourth-order valence-electron chi connectivity index (χ4n) is 1.74. The second-order valence-electron chi connectivity index (χ2n) is 3.64. The molecule has 0 aliphatic heterocycles. The van der Waals surface area contributed by atoms with Gasteiger partial charge in [-0.1, -0.05) is 0 Å². The van der Waals surface area contributed by atoms with Crippen molar-refractivity contribution in [3.8, 4) is 11.9 Å². The standard InChI is InChI=1S/C10H12N6/c1-6-9(5-11)10(15(4)13-6)16-8(3)12-7(2)14-16/h1-4H3. The zero-order valence-corrected chi connectivity index (χ0v) is 9.68. The largest absolute Gasteiger partial charge is 0.249 e. The fraction of sp³-hybridized carbons (Fsp3) is 0.400. The Morgan fingerprint density at radius 3 is 2.38 bits per heavy atom. The van der Waals surface area contributed by atoms with Gasteiger partial charge in [0.2, 0.25) is 0 Å². The Labute approximate surface area is 93.1 Å². The summed E-state index contributed by atoms with van der Waals surface area (Å²) in [5.41, 5.74) is 1.24. The van der Waals surface area contributed by atoms with E-state index in [1.807, 2.05) is 13.8 Å². The summed E-state index contributed by atoms with van der Waals surface area (Å²) in [6, 6.07) is 2.15. The number of hydrogen-bond acceptors (Lipinski definition) is 4. The molecular weight excluding hydrogens is 204 g/mol. The predicted octanol–water partition coefficient (Wildman–Crippen LogP) is 0.798. The van der Waals surface area contributed by atoms with E-state index in [1.165, 1.54) is 0 Å². The van der Waals surface area contributed by atoms with E-state index in [0.717, 1.165) is 5.82 Å². The molecule has 16 heavy (non-hydrogen) atoms. The summed E-state index contributed by atoms with van der Waals surface area (Å²) in [6.07, 6.45) is 0. The highest BCUT2D eigenvalue weighted by atomic mass is 15.4. The van der Waals surface area contributed by atoms with Crippen LogP contribution in [0.2, 0.25) is 0 Å². The average molecular weight is 216 g/mol. The van der Waals surface area contributed by atoms with Crippen molar-refractivity contribution < 1.29 is 0 Å². The number of nitriles is 1. The van der Waals surface area contributed by atoms with Gasteiger partial charge in [-0.3, -0.25) is 0 Å². The lowest BCUT2D eigenvalue weighted by atomic mass is 10.2. The van der Waals surface area contributed by atoms with Crippen molar-refractivity contribution in [1.82, 2.24) is 24.5 Å². The van der Waals surface area contributed by atoms with Gasteiger partial charge in [-0.2, -0.15) is 15.0 Å². The van der Waals surface area contributed by atoms with E-state index in [1.54, 1.807) is 23.3 Å². The van der Waals surface area contributed by atoms with Gasteiger partial charge in [0.05, 0.1) is 5.69 Å². The van der Waals surface area contributed by atoms with E-state index in [2.05, 4.69) is 21.3 Å². The minimum Gasteiger partial charge on any atom is -0.249 e. The topological polar surface area (TPSA) is 72.3 Å². The summed E-state index contributed by atoms with van der Waals surface area (Å²) in [5, 5.41) is 17.6. The van der Waals surface area contributed by atoms with E-state index in [9.17, 15) is 0 Å². The lowest BCUT2D eigenvalue weighted by molar-refractivity contribution is 0.681. The Balaban J connectivity index is 2.74. The van der Waals surface area contributed by atoms with Crippen LogP contribution in [0.3, 0.4) is 0 Å². The minimum atomic E-state index is 0.538. The predicted molar refractivity (Wildman–Crippen MR) is 57.1 cm³/mol. The van der Waals surface area contributed by atoms with Gasteiger partial charge in [0.15, 0.2) is 5.82 Å². The van der Waals surface area contributed by atoms with Crippen LogP contribution in [-0.4, -0.2) is 24.5 Å². The monoisotopic (exact) mass is 216 g/mol. The molecule has 0 N–H and O–H groups in total. The van der Waals surface area contributed by atoms with Crippen LogP contribution in [-0.2, 0) is 7.05 Å². The van der Waals surface area contributed by atoms with E-state index < -0.39 is 0 Å². The van der Waals surface area contributed by atoms with Crippen LogP contribution >= 0.6 is 0 Å². The second kappa shape index (κ2) is 3.45. The van der Waals surface area contributed by atoms with Gasteiger partial charge in [-0.25, -0.2) is 9.67 Å². The molecule has 0 aromatic carbocycles. The van der Waals surface area contributed by atoms with E-state index >= 15 is 0 Å². The Morgan fingerprint density at radius 1 is 1.19 bits per heavy atom. The van der Waals surface area contributed by atoms with Crippen LogP contribution in [0.25, 0.3) is 5.82 Å². The molecule has 0 spiro atoms. The maximum Gasteiger partial charge on any atom is 0.172 e. The van der Waals surface area contributed by atoms with E-state index in [4.69, 9.17) is 5.26 Å². The molecule has 82 valence electrons. The molecule has 2 aromatic heterocycles. The molecule has 0 aliphatic carbocycles. The number of rotatable bonds is 1. The molecule has 0 fully saturated rings. The van der Waals surface area contributed by atoms with Crippen LogP contribution in [0, 0.1) is 32.1 Å². The first-order chi connectivity index (χ1) is 7.54. The molecule has 2 aromatic rings. The van der Waals surface area contributed by atoms with Crippen molar-refractivity contribution in [2.24, 2.45) is 7.05 Å². The highest BCUT2D eigenvalue weighted by molar-refractivity contribution is 5.47. The normalized spacial score (nSPS) is 10.4. The van der Waals surface area contributed by atoms with Crippen molar-refractivity contribution in [2.45, 2.75) is 20.8 Å². The Kier molecular flexibility index (Phi) is 2.23. The number of aryl methyl sites for hydroxylation is 4. The molecule has 0 unspecified atom stereocenters. The Bertz CT molecular complexity index is 583. The third kappa shape index (κ3) is 1.37. The van der Waals surface area contributed by atoms with Crippen molar-refractivity contribution in [2.75, 3.05) is 0 Å². The van der Waals surface area contributed by atoms with Gasteiger partial charge in [0.1, 0.15) is 23.3 Å². The summed E-state index contributed by atoms with van der Waals surface area (Å²) in [4.78, 5) is 4.21. The lowest BCUT2D eigenvalue weighted by Gasteiger charge is -2.03. The van der Waals surface area contributed by atoms with Crippen LogP contribution < -0.4 is 0 Å². The zero-order valence-electron chi connectivity index (χ0n) is 9.68. The molecule has 0 radical (unpaired) electrons. The fourth-order valence-corrected chi connectivity index (χ4v) is 1.74. The lowest BCUT2D eigenvalue weighted by Crippen LogP contribution is -2.07. The molecule has 6 heteroatoms. The third-order valence-electron chi connectivity index (χ3n) is 2.38. The summed E-state index contributed by atoms with van der Waals surface area (Å²) < 4.78 is 3.29. The highest BCUT2D eigenvalue weighted by Crippen LogP contribution is 2.17. The van der Waals surface area contributed by atoms with E-state index in [-0.39, 0.29) is 0 Å². The maximum absolute atomic E-state index is 9.11. The van der Waals surface area contributed by atoms with Crippen molar-refractivity contribution in [3.05, 3.63) is 22.9 Å². The molecule has 0 bridgehead atoms. The van der Waals surface area contributed by atoms with Crippen LogP contribution in [0.15, 0.2) is 0 Å². The van der Waals surface area contributed by atoms with Gasteiger partial charge in [-0.05, 0) is 20.8 Å². The van der Waals surface area contributed by atoms with Crippen LogP contribution in [0.1, 0.15) is 22.9 Å². The first-order valence-electron chi connectivity index (χ1n) is 4.89. The Morgan fingerprint density at radius 2 is 1.88 bits per heavy atom. The molecular formula is C10H12N6. The van der Waals surface area contributed by atoms with Crippen molar-refractivity contribution in [3.63, 3.8) is 0 Å².